The highest BCUT2D eigenvalue weighted by Gasteiger charge is 2.19. The summed E-state index contributed by atoms with van der Waals surface area (Å²) in [6.45, 7) is 4.88. The molecule has 3 aromatic rings. The van der Waals surface area contributed by atoms with Gasteiger partial charge in [-0.05, 0) is 23.4 Å². The number of fused-ring (bicyclic) bond motifs is 1. The summed E-state index contributed by atoms with van der Waals surface area (Å²) >= 11 is 1.57. The van der Waals surface area contributed by atoms with E-state index < -0.39 is 5.97 Å². The fraction of sp³-hybridized carbons (Fsp3) is 0.250. The number of aromatic carboxylic acids is 1. The highest BCUT2D eigenvalue weighted by Crippen LogP contribution is 2.34. The van der Waals surface area contributed by atoms with Crippen molar-refractivity contribution in [3.05, 3.63) is 42.1 Å². The number of carboxylic acids is 1. The molecule has 0 atom stereocenters. The zero-order chi connectivity index (χ0) is 15.0. The summed E-state index contributed by atoms with van der Waals surface area (Å²) in [4.78, 5) is 12.4. The fourth-order valence-electron chi connectivity index (χ4n) is 2.33. The first-order valence-electron chi connectivity index (χ1n) is 6.84. The van der Waals surface area contributed by atoms with Crippen molar-refractivity contribution in [2.45, 2.75) is 20.4 Å². The monoisotopic (exact) mass is 300 g/mol. The first-order chi connectivity index (χ1) is 10.0. The molecule has 0 bridgehead atoms. The highest BCUT2D eigenvalue weighted by molar-refractivity contribution is 7.22. The van der Waals surface area contributed by atoms with Crippen molar-refractivity contribution in [3.63, 3.8) is 0 Å². The normalized spacial score (nSPS) is 11.4. The van der Waals surface area contributed by atoms with E-state index in [0.717, 1.165) is 15.0 Å². The molecule has 0 aliphatic carbocycles. The van der Waals surface area contributed by atoms with E-state index in [4.69, 9.17) is 0 Å². The predicted molar refractivity (Wildman–Crippen MR) is 84.8 cm³/mol. The van der Waals surface area contributed by atoms with Gasteiger partial charge in [-0.1, -0.05) is 32.0 Å². The second-order valence-electron chi connectivity index (χ2n) is 5.46. The molecule has 2 aromatic heterocycles. The van der Waals surface area contributed by atoms with Crippen LogP contribution in [0.1, 0.15) is 24.2 Å². The molecule has 21 heavy (non-hydrogen) atoms. The zero-order valence-electron chi connectivity index (χ0n) is 11.9. The topological polar surface area (TPSA) is 55.1 Å². The van der Waals surface area contributed by atoms with Crippen molar-refractivity contribution in [2.75, 3.05) is 0 Å². The molecule has 0 saturated carbocycles. The maximum atomic E-state index is 11.5. The molecule has 0 saturated heterocycles. The van der Waals surface area contributed by atoms with Crippen LogP contribution < -0.4 is 0 Å². The average molecular weight is 300 g/mol. The molecule has 0 aliphatic heterocycles. The van der Waals surface area contributed by atoms with Crippen molar-refractivity contribution < 1.29 is 9.90 Å². The molecular formula is C16H16N2O2S. The van der Waals surface area contributed by atoms with Gasteiger partial charge in [-0.2, -0.15) is 5.10 Å². The lowest BCUT2D eigenvalue weighted by molar-refractivity contribution is 0.0697. The molecule has 2 heterocycles. The van der Waals surface area contributed by atoms with E-state index in [1.54, 1.807) is 22.2 Å². The van der Waals surface area contributed by atoms with Crippen LogP contribution in [0.25, 0.3) is 20.7 Å². The number of carboxylic acid groups (broad SMARTS) is 1. The Hall–Kier alpha value is -2.14. The quantitative estimate of drug-likeness (QED) is 0.788. The van der Waals surface area contributed by atoms with Crippen LogP contribution in [0.15, 0.2) is 36.5 Å². The summed E-state index contributed by atoms with van der Waals surface area (Å²) in [6.07, 6.45) is 1.63. The van der Waals surface area contributed by atoms with Gasteiger partial charge < -0.3 is 5.11 Å². The third-order valence-corrected chi connectivity index (χ3v) is 4.33. The van der Waals surface area contributed by atoms with Crippen molar-refractivity contribution in [1.82, 2.24) is 9.78 Å². The fourth-order valence-corrected chi connectivity index (χ4v) is 3.39. The molecule has 4 nitrogen and oxygen atoms in total. The Labute approximate surface area is 126 Å². The Morgan fingerprint density at radius 2 is 2.14 bits per heavy atom. The van der Waals surface area contributed by atoms with Gasteiger partial charge in [-0.25, -0.2) is 4.79 Å². The van der Waals surface area contributed by atoms with Gasteiger partial charge in [0.2, 0.25) is 0 Å². The Morgan fingerprint density at radius 3 is 2.81 bits per heavy atom. The summed E-state index contributed by atoms with van der Waals surface area (Å²) in [7, 11) is 0. The lowest BCUT2D eigenvalue weighted by atomic mass is 10.2. The van der Waals surface area contributed by atoms with Gasteiger partial charge in [0.05, 0.1) is 4.88 Å². The minimum atomic E-state index is -0.933. The molecule has 0 radical (unpaired) electrons. The number of rotatable bonds is 4. The summed E-state index contributed by atoms with van der Waals surface area (Å²) < 4.78 is 2.87. The van der Waals surface area contributed by atoms with Crippen LogP contribution >= 0.6 is 11.3 Å². The number of hydrogen-bond acceptors (Lipinski definition) is 3. The van der Waals surface area contributed by atoms with Gasteiger partial charge in [0, 0.05) is 17.4 Å². The molecule has 0 amide bonds. The third kappa shape index (κ3) is 2.69. The van der Waals surface area contributed by atoms with E-state index in [1.165, 1.54) is 0 Å². The SMILES string of the molecule is CC(C)Cn1cc(C(=O)O)c(-c2cc3ccccc3s2)n1. The molecular weight excluding hydrogens is 284 g/mol. The molecule has 0 spiro atoms. The summed E-state index contributed by atoms with van der Waals surface area (Å²) in [5, 5.41) is 15.0. The van der Waals surface area contributed by atoms with Gasteiger partial charge in [0.1, 0.15) is 11.3 Å². The smallest absolute Gasteiger partial charge is 0.339 e. The first kappa shape index (κ1) is 13.8. The number of thiophene rings is 1. The highest BCUT2D eigenvalue weighted by atomic mass is 32.1. The molecule has 0 aliphatic rings. The Balaban J connectivity index is 2.11. The van der Waals surface area contributed by atoms with Crippen LogP contribution in [0.3, 0.4) is 0 Å². The van der Waals surface area contributed by atoms with E-state index in [2.05, 4.69) is 18.9 Å². The van der Waals surface area contributed by atoms with Crippen molar-refractivity contribution in [3.8, 4) is 10.6 Å². The summed E-state index contributed by atoms with van der Waals surface area (Å²) in [6, 6.07) is 10.0. The predicted octanol–water partition coefficient (Wildman–Crippen LogP) is 4.12. The van der Waals surface area contributed by atoms with E-state index >= 15 is 0 Å². The van der Waals surface area contributed by atoms with Gasteiger partial charge in [-0.3, -0.25) is 4.68 Å². The van der Waals surface area contributed by atoms with Gasteiger partial charge in [-0.15, -0.1) is 11.3 Å². The number of benzene rings is 1. The van der Waals surface area contributed by atoms with Gasteiger partial charge in [0.15, 0.2) is 0 Å². The lowest BCUT2D eigenvalue weighted by Gasteiger charge is -2.03. The number of hydrogen-bond donors (Lipinski definition) is 1. The maximum absolute atomic E-state index is 11.5. The summed E-state index contributed by atoms with van der Waals surface area (Å²) in [5.41, 5.74) is 0.826. The molecule has 3 rings (SSSR count). The van der Waals surface area contributed by atoms with E-state index in [0.29, 0.717) is 18.2 Å². The standard InChI is InChI=1S/C16H16N2O2S/c1-10(2)8-18-9-12(16(19)20)15(17-18)14-7-11-5-3-4-6-13(11)21-14/h3-7,9-10H,8H2,1-2H3,(H,19,20). The summed E-state index contributed by atoms with van der Waals surface area (Å²) in [5.74, 6) is -0.515. The first-order valence-corrected chi connectivity index (χ1v) is 7.66. The molecule has 1 N–H and O–H groups in total. The van der Waals surface area contributed by atoms with Crippen LogP contribution in [-0.4, -0.2) is 20.9 Å². The second-order valence-corrected chi connectivity index (χ2v) is 6.54. The Morgan fingerprint density at radius 1 is 1.38 bits per heavy atom. The van der Waals surface area contributed by atoms with Crippen LogP contribution in [0, 0.1) is 5.92 Å². The number of nitrogens with zero attached hydrogens (tertiary/aromatic N) is 2. The second kappa shape index (κ2) is 5.33. The van der Waals surface area contributed by atoms with E-state index in [-0.39, 0.29) is 5.56 Å². The van der Waals surface area contributed by atoms with Crippen LogP contribution in [-0.2, 0) is 6.54 Å². The van der Waals surface area contributed by atoms with Crippen molar-refractivity contribution in [2.24, 2.45) is 5.92 Å². The largest absolute Gasteiger partial charge is 0.478 e. The minimum Gasteiger partial charge on any atom is -0.478 e. The number of aromatic nitrogens is 2. The van der Waals surface area contributed by atoms with E-state index in [9.17, 15) is 9.90 Å². The average Bonchev–Trinajstić information content (AvgIpc) is 3.00. The minimum absolute atomic E-state index is 0.266. The molecule has 0 fully saturated rings. The van der Waals surface area contributed by atoms with Crippen molar-refractivity contribution >= 4 is 27.4 Å². The number of carbonyl (C=O) groups is 1. The van der Waals surface area contributed by atoms with Crippen LogP contribution in [0.4, 0.5) is 0 Å². The third-order valence-electron chi connectivity index (χ3n) is 3.20. The van der Waals surface area contributed by atoms with Crippen LogP contribution in [0.5, 0.6) is 0 Å². The molecule has 1 aromatic carbocycles. The Kier molecular flexibility index (Phi) is 3.51. The Bertz CT molecular complexity index is 769. The molecule has 108 valence electrons. The zero-order valence-corrected chi connectivity index (χ0v) is 12.7. The van der Waals surface area contributed by atoms with Crippen molar-refractivity contribution in [1.29, 1.82) is 0 Å². The van der Waals surface area contributed by atoms with Gasteiger partial charge >= 0.3 is 5.97 Å². The van der Waals surface area contributed by atoms with E-state index in [1.807, 2.05) is 30.3 Å². The maximum Gasteiger partial charge on any atom is 0.339 e. The molecule has 0 unspecified atom stereocenters. The van der Waals surface area contributed by atoms with Gasteiger partial charge in [0.25, 0.3) is 0 Å². The van der Waals surface area contributed by atoms with Crippen LogP contribution in [0.2, 0.25) is 0 Å². The lowest BCUT2D eigenvalue weighted by Crippen LogP contribution is -2.04. The molecule has 5 heteroatoms.